The quantitative estimate of drug-likeness (QED) is 0.600. The van der Waals surface area contributed by atoms with Gasteiger partial charge in [0.25, 0.3) is 0 Å². The molecule has 2 heteroatoms. The van der Waals surface area contributed by atoms with E-state index in [0.29, 0.717) is 6.54 Å². The van der Waals surface area contributed by atoms with Crippen LogP contribution < -0.4 is 0 Å². The highest BCUT2D eigenvalue weighted by Crippen LogP contribution is 1.79. The second kappa shape index (κ2) is 8.63. The van der Waals surface area contributed by atoms with Crippen LogP contribution in [0.25, 0.3) is 0 Å². The van der Waals surface area contributed by atoms with Crippen LogP contribution in [-0.2, 0) is 4.79 Å². The van der Waals surface area contributed by atoms with E-state index in [9.17, 15) is 4.79 Å². The third-order valence-corrected chi connectivity index (χ3v) is 1.03. The van der Waals surface area contributed by atoms with E-state index in [2.05, 4.69) is 0 Å². The number of rotatable bonds is 3. The first-order valence-corrected chi connectivity index (χ1v) is 3.84. The molecule has 0 aromatic carbocycles. The lowest BCUT2D eigenvalue weighted by Crippen LogP contribution is -2.23. The number of hydrogen-bond donors (Lipinski definition) is 0. The third-order valence-electron chi connectivity index (χ3n) is 1.03. The zero-order valence-electron chi connectivity index (χ0n) is 7.77. The number of likely N-dealkylation sites (N-methyl/N-ethyl adjacent to an activating group) is 1. The summed E-state index contributed by atoms with van der Waals surface area (Å²) in [7, 11) is 1.93. The number of carbonyl (C=O) groups is 1. The Kier molecular flexibility index (Phi) is 10.6. The number of Topliss-reactive ketones (excluding diaryl/α,β-unsaturated/α-hetero) is 1. The van der Waals surface area contributed by atoms with Crippen LogP contribution in [0.3, 0.4) is 0 Å². The van der Waals surface area contributed by atoms with Crippen molar-refractivity contribution in [1.82, 2.24) is 4.90 Å². The standard InChI is InChI=1S/C6H13NO.C2H6/c1-4-7(3)5-6(2)8;1-2/h4-5H2,1-3H3;1-2H3. The van der Waals surface area contributed by atoms with Crippen molar-refractivity contribution >= 4 is 5.78 Å². The van der Waals surface area contributed by atoms with E-state index in [1.165, 1.54) is 0 Å². The van der Waals surface area contributed by atoms with Crippen LogP contribution in [0.2, 0.25) is 0 Å². The first-order chi connectivity index (χ1) is 4.66. The lowest BCUT2D eigenvalue weighted by atomic mass is 10.4. The van der Waals surface area contributed by atoms with Crippen molar-refractivity contribution in [3.05, 3.63) is 0 Å². The van der Waals surface area contributed by atoms with E-state index in [1.807, 2.05) is 32.7 Å². The maximum atomic E-state index is 10.4. The molecular weight excluding hydrogens is 126 g/mol. The lowest BCUT2D eigenvalue weighted by Gasteiger charge is -2.09. The van der Waals surface area contributed by atoms with Gasteiger partial charge in [-0.1, -0.05) is 20.8 Å². The summed E-state index contributed by atoms with van der Waals surface area (Å²) in [6.45, 7) is 9.16. The van der Waals surface area contributed by atoms with Gasteiger partial charge in [-0.25, -0.2) is 0 Å². The van der Waals surface area contributed by atoms with Crippen molar-refractivity contribution < 1.29 is 4.79 Å². The number of nitrogens with zero attached hydrogens (tertiary/aromatic N) is 1. The Labute approximate surface area is 64.2 Å². The smallest absolute Gasteiger partial charge is 0.143 e. The largest absolute Gasteiger partial charge is 0.299 e. The zero-order valence-corrected chi connectivity index (χ0v) is 7.77. The summed E-state index contributed by atoms with van der Waals surface area (Å²) in [6, 6.07) is 0. The van der Waals surface area contributed by atoms with E-state index in [0.717, 1.165) is 6.54 Å². The SMILES string of the molecule is CC.CCN(C)CC(C)=O. The van der Waals surface area contributed by atoms with Crippen molar-refractivity contribution in [3.63, 3.8) is 0 Å². The molecule has 0 aliphatic heterocycles. The van der Waals surface area contributed by atoms with Gasteiger partial charge in [-0.15, -0.1) is 0 Å². The van der Waals surface area contributed by atoms with Crippen LogP contribution in [0.15, 0.2) is 0 Å². The first-order valence-electron chi connectivity index (χ1n) is 3.84. The highest BCUT2D eigenvalue weighted by Gasteiger charge is 1.95. The van der Waals surface area contributed by atoms with E-state index >= 15 is 0 Å². The molecule has 0 bridgehead atoms. The molecule has 0 aromatic heterocycles. The minimum Gasteiger partial charge on any atom is -0.299 e. The average Bonchev–Trinajstić information content (AvgIpc) is 1.91. The highest BCUT2D eigenvalue weighted by molar-refractivity contribution is 5.77. The zero-order chi connectivity index (χ0) is 8.57. The van der Waals surface area contributed by atoms with Crippen molar-refractivity contribution in [2.45, 2.75) is 27.7 Å². The molecule has 0 heterocycles. The maximum absolute atomic E-state index is 10.4. The summed E-state index contributed by atoms with van der Waals surface area (Å²) < 4.78 is 0. The summed E-state index contributed by atoms with van der Waals surface area (Å²) in [5.74, 6) is 0.231. The Morgan fingerprint density at radius 2 is 1.80 bits per heavy atom. The second-order valence-electron chi connectivity index (χ2n) is 2.03. The van der Waals surface area contributed by atoms with Gasteiger partial charge >= 0.3 is 0 Å². The summed E-state index contributed by atoms with van der Waals surface area (Å²) in [4.78, 5) is 12.3. The molecular formula is C8H19NO. The highest BCUT2D eigenvalue weighted by atomic mass is 16.1. The van der Waals surface area contributed by atoms with Gasteiger partial charge in [0.15, 0.2) is 0 Å². The molecule has 0 aliphatic carbocycles. The summed E-state index contributed by atoms with van der Waals surface area (Å²) in [5.41, 5.74) is 0. The number of ketones is 1. The fraction of sp³-hybridized carbons (Fsp3) is 0.875. The van der Waals surface area contributed by atoms with E-state index in [-0.39, 0.29) is 5.78 Å². The Bertz CT molecular complexity index is 81.3. The third kappa shape index (κ3) is 10.6. The van der Waals surface area contributed by atoms with Crippen LogP contribution in [0.4, 0.5) is 0 Å². The van der Waals surface area contributed by atoms with Gasteiger partial charge < -0.3 is 0 Å². The molecule has 2 nitrogen and oxygen atoms in total. The normalized spacial score (nSPS) is 8.60. The fourth-order valence-electron chi connectivity index (χ4n) is 0.492. The monoisotopic (exact) mass is 145 g/mol. The summed E-state index contributed by atoms with van der Waals surface area (Å²) >= 11 is 0. The molecule has 0 aromatic rings. The lowest BCUT2D eigenvalue weighted by molar-refractivity contribution is -0.117. The van der Waals surface area contributed by atoms with Gasteiger partial charge in [0, 0.05) is 0 Å². The Balaban J connectivity index is 0. The fourth-order valence-corrected chi connectivity index (χ4v) is 0.492. The molecule has 0 saturated carbocycles. The van der Waals surface area contributed by atoms with Crippen molar-refractivity contribution in [2.24, 2.45) is 0 Å². The van der Waals surface area contributed by atoms with Crippen molar-refractivity contribution in [2.75, 3.05) is 20.1 Å². The van der Waals surface area contributed by atoms with Gasteiger partial charge in [0.2, 0.25) is 0 Å². The van der Waals surface area contributed by atoms with Crippen LogP contribution in [0.1, 0.15) is 27.7 Å². The number of carbonyl (C=O) groups excluding carboxylic acids is 1. The van der Waals surface area contributed by atoms with Crippen molar-refractivity contribution in [1.29, 1.82) is 0 Å². The van der Waals surface area contributed by atoms with Crippen LogP contribution >= 0.6 is 0 Å². The predicted octanol–water partition coefficient (Wildman–Crippen LogP) is 1.55. The molecule has 0 rings (SSSR count). The minimum absolute atomic E-state index is 0.231. The van der Waals surface area contributed by atoms with E-state index in [4.69, 9.17) is 0 Å². The molecule has 0 atom stereocenters. The molecule has 10 heavy (non-hydrogen) atoms. The maximum Gasteiger partial charge on any atom is 0.143 e. The van der Waals surface area contributed by atoms with Crippen LogP contribution in [0, 0.1) is 0 Å². The molecule has 0 fully saturated rings. The molecule has 0 spiro atoms. The van der Waals surface area contributed by atoms with Gasteiger partial charge in [-0.2, -0.15) is 0 Å². The van der Waals surface area contributed by atoms with Gasteiger partial charge in [0.1, 0.15) is 5.78 Å². The summed E-state index contributed by atoms with van der Waals surface area (Å²) in [6.07, 6.45) is 0. The molecule has 0 unspecified atom stereocenters. The van der Waals surface area contributed by atoms with Gasteiger partial charge in [0.05, 0.1) is 6.54 Å². The molecule has 0 saturated heterocycles. The van der Waals surface area contributed by atoms with E-state index < -0.39 is 0 Å². The Hall–Kier alpha value is -0.370. The summed E-state index contributed by atoms with van der Waals surface area (Å²) in [5, 5.41) is 0. The molecule has 0 aliphatic rings. The Morgan fingerprint density at radius 1 is 1.40 bits per heavy atom. The molecule has 0 N–H and O–H groups in total. The Morgan fingerprint density at radius 3 is 1.90 bits per heavy atom. The molecule has 0 radical (unpaired) electrons. The number of hydrogen-bond acceptors (Lipinski definition) is 2. The van der Waals surface area contributed by atoms with Gasteiger partial charge in [-0.3, -0.25) is 9.69 Å². The average molecular weight is 145 g/mol. The molecule has 0 amide bonds. The second-order valence-corrected chi connectivity index (χ2v) is 2.03. The topological polar surface area (TPSA) is 20.3 Å². The van der Waals surface area contributed by atoms with Crippen LogP contribution in [0.5, 0.6) is 0 Å². The van der Waals surface area contributed by atoms with Crippen molar-refractivity contribution in [3.8, 4) is 0 Å². The minimum atomic E-state index is 0.231. The first kappa shape index (κ1) is 12.3. The van der Waals surface area contributed by atoms with E-state index in [1.54, 1.807) is 6.92 Å². The van der Waals surface area contributed by atoms with Gasteiger partial charge in [-0.05, 0) is 20.5 Å². The molecule has 62 valence electrons. The van der Waals surface area contributed by atoms with Crippen LogP contribution in [-0.4, -0.2) is 30.8 Å². The predicted molar refractivity (Wildman–Crippen MR) is 45.2 cm³/mol.